The summed E-state index contributed by atoms with van der Waals surface area (Å²) in [6.07, 6.45) is 3.44. The second-order valence-corrected chi connectivity index (χ2v) is 10.1. The second-order valence-electron chi connectivity index (χ2n) is 10.1. The highest BCUT2D eigenvalue weighted by Crippen LogP contribution is 2.50. The third-order valence-electron chi connectivity index (χ3n) is 6.98. The topological polar surface area (TPSA) is 75.8 Å². The van der Waals surface area contributed by atoms with Crippen molar-refractivity contribution in [3.8, 4) is 28.3 Å². The van der Waals surface area contributed by atoms with Gasteiger partial charge in [-0.1, -0.05) is 54.6 Å². The zero-order chi connectivity index (χ0) is 24.8. The smallest absolute Gasteiger partial charge is 0.408 e. The Kier molecular flexibility index (Phi) is 5.55. The van der Waals surface area contributed by atoms with Crippen LogP contribution in [0.4, 0.5) is 4.79 Å². The first-order valence-corrected chi connectivity index (χ1v) is 11.9. The minimum atomic E-state index is -0.885. The molecule has 0 unspecified atom stereocenters. The molecule has 1 aliphatic rings. The van der Waals surface area contributed by atoms with E-state index in [9.17, 15) is 9.90 Å². The molecule has 0 bridgehead atoms. The Balaban J connectivity index is 1.64. The van der Waals surface area contributed by atoms with Crippen LogP contribution in [0.2, 0.25) is 0 Å². The predicted molar refractivity (Wildman–Crippen MR) is 137 cm³/mol. The minimum absolute atomic E-state index is 0.506. The number of carbonyl (C=O) groups is 1. The molecule has 180 valence electrons. The Labute approximate surface area is 205 Å². The highest BCUT2D eigenvalue weighted by atomic mass is 16.5. The number of furan rings is 1. The lowest BCUT2D eigenvalue weighted by Crippen LogP contribution is -2.60. The molecule has 0 saturated heterocycles. The number of ether oxygens (including phenoxy) is 1. The van der Waals surface area contributed by atoms with Crippen LogP contribution >= 0.6 is 0 Å². The van der Waals surface area contributed by atoms with Crippen molar-refractivity contribution < 1.29 is 19.1 Å². The highest BCUT2D eigenvalue weighted by molar-refractivity contribution is 6.04. The van der Waals surface area contributed by atoms with E-state index < -0.39 is 17.2 Å². The molecule has 0 spiro atoms. The molecule has 4 aromatic rings. The number of hydrogen-bond acceptors (Lipinski definition) is 4. The minimum Gasteiger partial charge on any atom is -0.480 e. The number of nitrogens with zero attached hydrogens (tertiary/aromatic N) is 2. The van der Waals surface area contributed by atoms with Gasteiger partial charge in [-0.25, -0.2) is 9.78 Å². The van der Waals surface area contributed by atoms with Gasteiger partial charge in [-0.05, 0) is 51.2 Å². The maximum absolute atomic E-state index is 12.3. The first-order chi connectivity index (χ1) is 16.8. The van der Waals surface area contributed by atoms with Gasteiger partial charge in [0.15, 0.2) is 0 Å². The van der Waals surface area contributed by atoms with Crippen molar-refractivity contribution >= 4 is 17.1 Å². The number of methoxy groups -OCH3 is 1. The van der Waals surface area contributed by atoms with Crippen molar-refractivity contribution in [2.45, 2.75) is 51.1 Å². The van der Waals surface area contributed by atoms with Crippen LogP contribution in [0.25, 0.3) is 33.4 Å². The summed E-state index contributed by atoms with van der Waals surface area (Å²) in [4.78, 5) is 18.3. The quantitative estimate of drug-likeness (QED) is 0.330. The maximum atomic E-state index is 12.3. The number of pyridine rings is 1. The molecule has 5 rings (SSSR count). The van der Waals surface area contributed by atoms with E-state index in [0.717, 1.165) is 52.7 Å². The fraction of sp³-hybridized carbons (Fsp3) is 0.310. The average molecular weight is 471 g/mol. The number of benzene rings is 2. The first kappa shape index (κ1) is 23.0. The van der Waals surface area contributed by atoms with Crippen molar-refractivity contribution in [1.29, 1.82) is 0 Å². The van der Waals surface area contributed by atoms with Crippen LogP contribution in [-0.4, -0.2) is 33.7 Å². The third kappa shape index (κ3) is 3.73. The van der Waals surface area contributed by atoms with E-state index in [1.807, 2.05) is 81.4 Å². The van der Waals surface area contributed by atoms with Gasteiger partial charge in [0.1, 0.15) is 11.3 Å². The molecule has 2 heterocycles. The molecule has 1 fully saturated rings. The van der Waals surface area contributed by atoms with Gasteiger partial charge in [-0.2, -0.15) is 0 Å². The lowest BCUT2D eigenvalue weighted by molar-refractivity contribution is -0.0328. The summed E-state index contributed by atoms with van der Waals surface area (Å²) < 4.78 is 11.9. The van der Waals surface area contributed by atoms with E-state index in [1.165, 1.54) is 0 Å². The molecular weight excluding hydrogens is 440 g/mol. The number of rotatable bonds is 5. The number of carboxylic acid groups (broad SMARTS) is 1. The number of amides is 1. The van der Waals surface area contributed by atoms with Crippen LogP contribution in [0.3, 0.4) is 0 Å². The highest BCUT2D eigenvalue weighted by Gasteiger charge is 2.50. The van der Waals surface area contributed by atoms with Crippen LogP contribution in [-0.2, 0) is 5.54 Å². The zero-order valence-corrected chi connectivity index (χ0v) is 20.5. The molecule has 2 aromatic heterocycles. The normalized spacial score (nSPS) is 15.0. The van der Waals surface area contributed by atoms with E-state index in [0.29, 0.717) is 11.5 Å². The van der Waals surface area contributed by atoms with Crippen molar-refractivity contribution in [2.75, 3.05) is 7.11 Å². The monoisotopic (exact) mass is 470 g/mol. The second kappa shape index (κ2) is 8.45. The van der Waals surface area contributed by atoms with Gasteiger partial charge < -0.3 is 14.3 Å². The van der Waals surface area contributed by atoms with Gasteiger partial charge in [-0.3, -0.25) is 4.90 Å². The molecule has 1 amide bonds. The molecule has 1 aliphatic carbocycles. The summed E-state index contributed by atoms with van der Waals surface area (Å²) in [7, 11) is 1.61. The predicted octanol–water partition coefficient (Wildman–Crippen LogP) is 7.33. The number of aromatic nitrogens is 1. The summed E-state index contributed by atoms with van der Waals surface area (Å²) in [5.41, 5.74) is 3.56. The molecule has 1 N–H and O–H groups in total. The molecule has 2 aromatic carbocycles. The Morgan fingerprint density at radius 1 is 1.03 bits per heavy atom. The SMILES string of the molecule is COc1nccc2oc(-c3ccc(C4(N(C(=O)O)C(C)(C)C)CCC4)cc3)c(-c3ccccc3)c12. The van der Waals surface area contributed by atoms with E-state index >= 15 is 0 Å². The van der Waals surface area contributed by atoms with E-state index in [1.54, 1.807) is 18.2 Å². The average Bonchev–Trinajstić information content (AvgIpc) is 3.20. The maximum Gasteiger partial charge on any atom is 0.408 e. The molecule has 35 heavy (non-hydrogen) atoms. The van der Waals surface area contributed by atoms with Gasteiger partial charge in [-0.15, -0.1) is 0 Å². The van der Waals surface area contributed by atoms with Crippen molar-refractivity contribution in [3.63, 3.8) is 0 Å². The third-order valence-corrected chi connectivity index (χ3v) is 6.98. The van der Waals surface area contributed by atoms with E-state index in [4.69, 9.17) is 9.15 Å². The van der Waals surface area contributed by atoms with Crippen molar-refractivity contribution in [1.82, 2.24) is 9.88 Å². The molecule has 0 radical (unpaired) electrons. The molecule has 0 atom stereocenters. The molecule has 6 nitrogen and oxygen atoms in total. The van der Waals surface area contributed by atoms with Crippen LogP contribution in [0.5, 0.6) is 5.88 Å². The lowest BCUT2D eigenvalue weighted by Gasteiger charge is -2.54. The molecule has 0 aliphatic heterocycles. The molecular formula is C29H30N2O4. The van der Waals surface area contributed by atoms with Gasteiger partial charge in [0.25, 0.3) is 0 Å². The first-order valence-electron chi connectivity index (χ1n) is 11.9. The van der Waals surface area contributed by atoms with E-state index in [2.05, 4.69) is 4.98 Å². The van der Waals surface area contributed by atoms with Crippen LogP contribution in [0.15, 0.2) is 71.3 Å². The van der Waals surface area contributed by atoms with Crippen molar-refractivity contribution in [2.24, 2.45) is 0 Å². The van der Waals surface area contributed by atoms with Gasteiger partial charge >= 0.3 is 6.09 Å². The number of fused-ring (bicyclic) bond motifs is 1. The summed E-state index contributed by atoms with van der Waals surface area (Å²) in [5, 5.41) is 10.9. The molecule has 1 saturated carbocycles. The largest absolute Gasteiger partial charge is 0.480 e. The Morgan fingerprint density at radius 3 is 2.26 bits per heavy atom. The Bertz CT molecular complexity index is 1360. The number of hydrogen-bond donors (Lipinski definition) is 1. The summed E-state index contributed by atoms with van der Waals surface area (Å²) in [6, 6.07) is 20.1. The van der Waals surface area contributed by atoms with Crippen LogP contribution in [0.1, 0.15) is 45.6 Å². The van der Waals surface area contributed by atoms with Gasteiger partial charge in [0, 0.05) is 28.9 Å². The Morgan fingerprint density at radius 2 is 1.71 bits per heavy atom. The fourth-order valence-corrected chi connectivity index (χ4v) is 5.45. The lowest BCUT2D eigenvalue weighted by atomic mass is 9.69. The van der Waals surface area contributed by atoms with Gasteiger partial charge in [0.2, 0.25) is 5.88 Å². The van der Waals surface area contributed by atoms with E-state index in [-0.39, 0.29) is 0 Å². The summed E-state index contributed by atoms with van der Waals surface area (Å²) in [5.74, 6) is 1.25. The summed E-state index contributed by atoms with van der Waals surface area (Å²) >= 11 is 0. The molecule has 6 heteroatoms. The summed E-state index contributed by atoms with van der Waals surface area (Å²) in [6.45, 7) is 5.87. The van der Waals surface area contributed by atoms with Crippen LogP contribution < -0.4 is 4.74 Å². The standard InChI is InChI=1S/C29H30N2O4/c1-28(2,3)31(27(32)33)29(16-8-17-29)21-13-11-20(12-14-21)25-23(19-9-6-5-7-10-19)24-22(35-25)15-18-30-26(24)34-4/h5-7,9-15,18H,8,16-17H2,1-4H3,(H,32,33). The zero-order valence-electron chi connectivity index (χ0n) is 20.5. The fourth-order valence-electron chi connectivity index (χ4n) is 5.45. The van der Waals surface area contributed by atoms with Gasteiger partial charge in [0.05, 0.1) is 18.0 Å². The van der Waals surface area contributed by atoms with Crippen LogP contribution in [0, 0.1) is 0 Å². The van der Waals surface area contributed by atoms with Crippen molar-refractivity contribution in [3.05, 3.63) is 72.4 Å². The Hall–Kier alpha value is -3.80.